The van der Waals surface area contributed by atoms with Crippen molar-refractivity contribution in [1.29, 1.82) is 0 Å². The van der Waals surface area contributed by atoms with Gasteiger partial charge in [0.2, 0.25) is 5.91 Å². The van der Waals surface area contributed by atoms with E-state index in [2.05, 4.69) is 5.32 Å². The van der Waals surface area contributed by atoms with Gasteiger partial charge in [0.15, 0.2) is 11.5 Å². The monoisotopic (exact) mass is 474 g/mol. The third-order valence-electron chi connectivity index (χ3n) is 5.95. The zero-order valence-corrected chi connectivity index (χ0v) is 19.7. The number of methoxy groups -OCH3 is 3. The second-order valence-corrected chi connectivity index (χ2v) is 7.97. The smallest absolute Gasteiger partial charge is 0.262 e. The highest BCUT2D eigenvalue weighted by Gasteiger charge is 2.42. The van der Waals surface area contributed by atoms with E-state index >= 15 is 0 Å². The van der Waals surface area contributed by atoms with Crippen molar-refractivity contribution in [2.24, 2.45) is 0 Å². The summed E-state index contributed by atoms with van der Waals surface area (Å²) in [6, 6.07) is 18.2. The second kappa shape index (κ2) is 10.3. The number of benzene rings is 3. The summed E-state index contributed by atoms with van der Waals surface area (Å²) >= 11 is 0. The van der Waals surface area contributed by atoms with Gasteiger partial charge in [-0.2, -0.15) is 0 Å². The molecule has 0 aliphatic carbocycles. The molecule has 0 unspecified atom stereocenters. The molecule has 0 saturated heterocycles. The highest BCUT2D eigenvalue weighted by Crippen LogP contribution is 2.34. The Bertz CT molecular complexity index is 1220. The summed E-state index contributed by atoms with van der Waals surface area (Å²) < 4.78 is 16.1. The van der Waals surface area contributed by atoms with Crippen LogP contribution in [0, 0.1) is 0 Å². The fourth-order valence-corrected chi connectivity index (χ4v) is 4.16. The van der Waals surface area contributed by atoms with Crippen LogP contribution in [0.15, 0.2) is 66.7 Å². The molecule has 3 aromatic rings. The third kappa shape index (κ3) is 4.68. The number of carbonyl (C=O) groups excluding carboxylic acids is 3. The van der Waals surface area contributed by atoms with E-state index in [9.17, 15) is 14.4 Å². The first-order valence-corrected chi connectivity index (χ1v) is 11.1. The van der Waals surface area contributed by atoms with E-state index in [0.29, 0.717) is 33.9 Å². The number of hydrogen-bond acceptors (Lipinski definition) is 6. The molecule has 4 rings (SSSR count). The number of amides is 3. The lowest BCUT2D eigenvalue weighted by molar-refractivity contribution is -0.125. The molecule has 0 radical (unpaired) electrons. The minimum atomic E-state index is -1.03. The largest absolute Gasteiger partial charge is 0.496 e. The minimum absolute atomic E-state index is 0.0941. The van der Waals surface area contributed by atoms with Crippen LogP contribution < -0.4 is 19.5 Å². The molecule has 1 aliphatic heterocycles. The molecule has 1 atom stereocenters. The van der Waals surface area contributed by atoms with Crippen molar-refractivity contribution < 1.29 is 28.6 Å². The van der Waals surface area contributed by atoms with Crippen LogP contribution in [0.25, 0.3) is 0 Å². The van der Waals surface area contributed by atoms with Gasteiger partial charge in [-0.25, -0.2) is 0 Å². The van der Waals surface area contributed by atoms with Gasteiger partial charge in [-0.1, -0.05) is 42.5 Å². The SMILES string of the molecule is COc1cc(OC)c(OC)cc1CNC(=O)[C@H](Cc1ccccc1)N1C(=O)c2ccccc2C1=O. The molecule has 8 heteroatoms. The molecule has 0 spiro atoms. The van der Waals surface area contributed by atoms with Gasteiger partial charge >= 0.3 is 0 Å². The highest BCUT2D eigenvalue weighted by molar-refractivity contribution is 6.22. The maximum Gasteiger partial charge on any atom is 0.262 e. The average molecular weight is 475 g/mol. The van der Waals surface area contributed by atoms with Gasteiger partial charge < -0.3 is 19.5 Å². The maximum absolute atomic E-state index is 13.5. The number of nitrogens with one attached hydrogen (secondary N) is 1. The van der Waals surface area contributed by atoms with Gasteiger partial charge in [0, 0.05) is 24.6 Å². The van der Waals surface area contributed by atoms with E-state index in [-0.39, 0.29) is 13.0 Å². The van der Waals surface area contributed by atoms with Crippen molar-refractivity contribution >= 4 is 17.7 Å². The second-order valence-electron chi connectivity index (χ2n) is 7.97. The fraction of sp³-hybridized carbons (Fsp3) is 0.222. The van der Waals surface area contributed by atoms with E-state index in [1.54, 1.807) is 36.4 Å². The van der Waals surface area contributed by atoms with Gasteiger partial charge in [-0.15, -0.1) is 0 Å². The minimum Gasteiger partial charge on any atom is -0.496 e. The Kier molecular flexibility index (Phi) is 7.01. The van der Waals surface area contributed by atoms with Crippen LogP contribution in [0.1, 0.15) is 31.8 Å². The van der Waals surface area contributed by atoms with E-state index in [1.165, 1.54) is 21.3 Å². The Balaban J connectivity index is 1.62. The van der Waals surface area contributed by atoms with Crippen LogP contribution in [-0.4, -0.2) is 50.0 Å². The molecule has 3 aromatic carbocycles. The summed E-state index contributed by atoms with van der Waals surface area (Å²) in [6.45, 7) is 0.0941. The number of imide groups is 1. The van der Waals surface area contributed by atoms with Crippen molar-refractivity contribution in [1.82, 2.24) is 10.2 Å². The van der Waals surface area contributed by atoms with Crippen LogP contribution in [-0.2, 0) is 17.8 Å². The predicted molar refractivity (Wildman–Crippen MR) is 129 cm³/mol. The fourth-order valence-electron chi connectivity index (χ4n) is 4.16. The molecule has 3 amide bonds. The number of ether oxygens (including phenoxy) is 3. The molecule has 0 fully saturated rings. The molecule has 180 valence electrons. The highest BCUT2D eigenvalue weighted by atomic mass is 16.5. The van der Waals surface area contributed by atoms with E-state index in [4.69, 9.17) is 14.2 Å². The zero-order chi connectivity index (χ0) is 24.9. The molecule has 8 nitrogen and oxygen atoms in total. The first-order chi connectivity index (χ1) is 17.0. The standard InChI is InChI=1S/C27H26N2O6/c1-33-22-15-24(35-3)23(34-2)14-18(22)16-28-25(30)21(13-17-9-5-4-6-10-17)29-26(31)19-11-7-8-12-20(19)27(29)32/h4-12,14-15,21H,13,16H2,1-3H3,(H,28,30)/t21-/m0/s1. The third-order valence-corrected chi connectivity index (χ3v) is 5.95. The lowest BCUT2D eigenvalue weighted by Crippen LogP contribution is -2.50. The summed E-state index contributed by atoms with van der Waals surface area (Å²) in [4.78, 5) is 40.8. The van der Waals surface area contributed by atoms with Crippen LogP contribution in [0.4, 0.5) is 0 Å². The van der Waals surface area contributed by atoms with Crippen molar-refractivity contribution in [3.8, 4) is 17.2 Å². The lowest BCUT2D eigenvalue weighted by atomic mass is 10.0. The van der Waals surface area contributed by atoms with Crippen molar-refractivity contribution in [3.05, 3.63) is 89.0 Å². The number of fused-ring (bicyclic) bond motifs is 1. The maximum atomic E-state index is 13.5. The first-order valence-electron chi connectivity index (χ1n) is 11.1. The molecule has 35 heavy (non-hydrogen) atoms. The molecular formula is C27H26N2O6. The quantitative estimate of drug-likeness (QED) is 0.479. The van der Waals surface area contributed by atoms with Crippen LogP contribution in [0.2, 0.25) is 0 Å². The normalized spacial score (nSPS) is 13.3. The Morgan fingerprint density at radius 3 is 1.91 bits per heavy atom. The van der Waals surface area contributed by atoms with Crippen LogP contribution in [0.5, 0.6) is 17.2 Å². The molecule has 0 bridgehead atoms. The van der Waals surface area contributed by atoms with E-state index in [1.807, 2.05) is 30.3 Å². The van der Waals surface area contributed by atoms with Crippen LogP contribution in [0.3, 0.4) is 0 Å². The average Bonchev–Trinajstić information content (AvgIpc) is 3.15. The number of nitrogens with zero attached hydrogens (tertiary/aromatic N) is 1. The van der Waals surface area contributed by atoms with Crippen molar-refractivity contribution in [3.63, 3.8) is 0 Å². The van der Waals surface area contributed by atoms with Crippen molar-refractivity contribution in [2.75, 3.05) is 21.3 Å². The molecule has 0 aromatic heterocycles. The van der Waals surface area contributed by atoms with Crippen LogP contribution >= 0.6 is 0 Å². The van der Waals surface area contributed by atoms with Gasteiger partial charge in [0.1, 0.15) is 11.8 Å². The Morgan fingerprint density at radius 1 is 0.800 bits per heavy atom. The van der Waals surface area contributed by atoms with Gasteiger partial charge in [-0.3, -0.25) is 19.3 Å². The summed E-state index contributed by atoms with van der Waals surface area (Å²) in [5, 5.41) is 2.87. The topological polar surface area (TPSA) is 94.2 Å². The molecule has 1 aliphatic rings. The lowest BCUT2D eigenvalue weighted by Gasteiger charge is -2.26. The summed E-state index contributed by atoms with van der Waals surface area (Å²) in [7, 11) is 4.56. The van der Waals surface area contributed by atoms with Gasteiger partial charge in [0.25, 0.3) is 11.8 Å². The summed E-state index contributed by atoms with van der Waals surface area (Å²) in [6.07, 6.45) is 0.182. The van der Waals surface area contributed by atoms with E-state index in [0.717, 1.165) is 10.5 Å². The molecular weight excluding hydrogens is 448 g/mol. The Hall–Kier alpha value is -4.33. The summed E-state index contributed by atoms with van der Waals surface area (Å²) in [5.74, 6) is 0.0605. The molecule has 1 N–H and O–H groups in total. The number of hydrogen-bond donors (Lipinski definition) is 1. The molecule has 0 saturated carbocycles. The first kappa shape index (κ1) is 23.8. The number of carbonyl (C=O) groups is 3. The Morgan fingerprint density at radius 2 is 1.34 bits per heavy atom. The Labute approximate surface area is 203 Å². The van der Waals surface area contributed by atoms with Gasteiger partial charge in [-0.05, 0) is 23.8 Å². The van der Waals surface area contributed by atoms with E-state index < -0.39 is 23.8 Å². The number of rotatable bonds is 9. The van der Waals surface area contributed by atoms with Crippen molar-refractivity contribution in [2.45, 2.75) is 19.0 Å². The summed E-state index contributed by atoms with van der Waals surface area (Å²) in [5.41, 5.74) is 2.07. The predicted octanol–water partition coefficient (Wildman–Crippen LogP) is 3.24. The zero-order valence-electron chi connectivity index (χ0n) is 19.7. The molecule has 1 heterocycles. The van der Waals surface area contributed by atoms with Gasteiger partial charge in [0.05, 0.1) is 32.5 Å².